The second-order valence-corrected chi connectivity index (χ2v) is 7.32. The number of fused-ring (bicyclic) bond motifs is 1. The molecule has 0 atom stereocenters. The van der Waals surface area contributed by atoms with Gasteiger partial charge in [0.1, 0.15) is 0 Å². The number of benzene rings is 3. The van der Waals surface area contributed by atoms with E-state index in [1.165, 1.54) is 0 Å². The van der Waals surface area contributed by atoms with Crippen molar-refractivity contribution in [3.05, 3.63) is 76.1 Å². The van der Waals surface area contributed by atoms with Gasteiger partial charge in [-0.05, 0) is 61.4 Å². The van der Waals surface area contributed by atoms with E-state index in [9.17, 15) is 4.79 Å². The second-order valence-electron chi connectivity index (χ2n) is 7.32. The Morgan fingerprint density at radius 2 is 1.48 bits per heavy atom. The van der Waals surface area contributed by atoms with Crippen LogP contribution in [0.2, 0.25) is 0 Å². The highest BCUT2D eigenvalue weighted by molar-refractivity contribution is 5.82. The molecular weight excluding hydrogens is 392 g/mol. The number of aryl methyl sites for hydroxylation is 2. The van der Waals surface area contributed by atoms with Crippen LogP contribution in [0.4, 0.5) is 0 Å². The third-order valence-electron chi connectivity index (χ3n) is 5.19. The summed E-state index contributed by atoms with van der Waals surface area (Å²) in [6.07, 6.45) is 0. The third-order valence-corrected chi connectivity index (χ3v) is 5.19. The van der Waals surface area contributed by atoms with Gasteiger partial charge in [0, 0.05) is 0 Å². The molecule has 0 aliphatic heterocycles. The molecule has 1 aromatic heterocycles. The molecular formula is C25H24N2O4. The summed E-state index contributed by atoms with van der Waals surface area (Å²) >= 11 is 0. The zero-order chi connectivity index (χ0) is 22.1. The highest BCUT2D eigenvalue weighted by atomic mass is 16.5. The number of ether oxygens (including phenoxy) is 3. The van der Waals surface area contributed by atoms with Gasteiger partial charge in [0.2, 0.25) is 5.75 Å². The summed E-state index contributed by atoms with van der Waals surface area (Å²) in [6.45, 7) is 4.01. The molecule has 0 amide bonds. The molecule has 0 fully saturated rings. The molecule has 0 radical (unpaired) electrons. The van der Waals surface area contributed by atoms with Crippen molar-refractivity contribution >= 4 is 10.9 Å². The van der Waals surface area contributed by atoms with Crippen molar-refractivity contribution in [3.8, 4) is 34.3 Å². The van der Waals surface area contributed by atoms with E-state index in [-0.39, 0.29) is 5.56 Å². The molecule has 31 heavy (non-hydrogen) atoms. The van der Waals surface area contributed by atoms with Gasteiger partial charge in [-0.3, -0.25) is 9.36 Å². The van der Waals surface area contributed by atoms with Gasteiger partial charge in [-0.1, -0.05) is 18.2 Å². The van der Waals surface area contributed by atoms with Gasteiger partial charge in [0.05, 0.1) is 43.5 Å². The molecule has 6 heteroatoms. The van der Waals surface area contributed by atoms with Crippen molar-refractivity contribution in [1.29, 1.82) is 0 Å². The lowest BCUT2D eigenvalue weighted by Crippen LogP contribution is -2.22. The molecule has 158 valence electrons. The zero-order valence-corrected chi connectivity index (χ0v) is 18.2. The van der Waals surface area contributed by atoms with Crippen LogP contribution in [0.3, 0.4) is 0 Å². The number of hydrogen-bond acceptors (Lipinski definition) is 5. The van der Waals surface area contributed by atoms with Gasteiger partial charge in [-0.2, -0.15) is 0 Å². The first-order chi connectivity index (χ1) is 15.0. The van der Waals surface area contributed by atoms with Crippen molar-refractivity contribution < 1.29 is 14.2 Å². The summed E-state index contributed by atoms with van der Waals surface area (Å²) in [6, 6.07) is 17.0. The Labute approximate surface area is 180 Å². The lowest BCUT2D eigenvalue weighted by molar-refractivity contribution is 0.325. The minimum absolute atomic E-state index is 0.151. The van der Waals surface area contributed by atoms with E-state index in [1.54, 1.807) is 38.0 Å². The molecule has 0 saturated carbocycles. The molecule has 0 saturated heterocycles. The average molecular weight is 416 g/mol. The lowest BCUT2D eigenvalue weighted by atomic mass is 10.1. The quantitative estimate of drug-likeness (QED) is 0.472. The fourth-order valence-electron chi connectivity index (χ4n) is 3.91. The number of rotatable bonds is 5. The first-order valence-corrected chi connectivity index (χ1v) is 9.88. The topological polar surface area (TPSA) is 62.6 Å². The van der Waals surface area contributed by atoms with Crippen LogP contribution in [0, 0.1) is 13.8 Å². The van der Waals surface area contributed by atoms with Gasteiger partial charge in [0.25, 0.3) is 5.56 Å². The highest BCUT2D eigenvalue weighted by Crippen LogP contribution is 2.44. The molecule has 6 nitrogen and oxygen atoms in total. The van der Waals surface area contributed by atoms with Crippen LogP contribution in [-0.4, -0.2) is 30.9 Å². The van der Waals surface area contributed by atoms with Crippen LogP contribution >= 0.6 is 0 Å². The minimum atomic E-state index is -0.151. The third kappa shape index (κ3) is 3.50. The summed E-state index contributed by atoms with van der Waals surface area (Å²) < 4.78 is 18.3. The van der Waals surface area contributed by atoms with E-state index in [0.29, 0.717) is 39.5 Å². The van der Waals surface area contributed by atoms with Crippen molar-refractivity contribution in [2.75, 3.05) is 21.3 Å². The van der Waals surface area contributed by atoms with Crippen LogP contribution in [0.25, 0.3) is 28.0 Å². The zero-order valence-electron chi connectivity index (χ0n) is 18.2. The molecule has 1 heterocycles. The molecule has 0 N–H and O–H groups in total. The number of para-hydroxylation sites is 1. The predicted molar refractivity (Wildman–Crippen MR) is 122 cm³/mol. The largest absolute Gasteiger partial charge is 0.493 e. The van der Waals surface area contributed by atoms with E-state index < -0.39 is 0 Å². The number of aromatic nitrogens is 2. The smallest absolute Gasteiger partial charge is 0.266 e. The first kappa shape index (κ1) is 20.5. The maximum absolute atomic E-state index is 13.6. The first-order valence-electron chi connectivity index (χ1n) is 9.88. The van der Waals surface area contributed by atoms with Crippen LogP contribution < -0.4 is 19.8 Å². The second kappa shape index (κ2) is 8.14. The Hall–Kier alpha value is -3.80. The SMILES string of the molecule is COc1ccc(-c2nc3ccccc3c(=O)n2-c2cc(C)cc(C)c2)c(OC)c1OC. The minimum Gasteiger partial charge on any atom is -0.493 e. The monoisotopic (exact) mass is 416 g/mol. The van der Waals surface area contributed by atoms with E-state index in [2.05, 4.69) is 6.07 Å². The van der Waals surface area contributed by atoms with Crippen molar-refractivity contribution in [2.24, 2.45) is 0 Å². The van der Waals surface area contributed by atoms with Gasteiger partial charge in [0.15, 0.2) is 17.3 Å². The Morgan fingerprint density at radius 3 is 2.13 bits per heavy atom. The summed E-state index contributed by atoms with van der Waals surface area (Å²) in [5, 5.41) is 0.546. The van der Waals surface area contributed by atoms with E-state index in [1.807, 2.05) is 50.2 Å². The standard InChI is InChI=1S/C25H24N2O4/c1-15-12-16(2)14-17(13-15)27-24(26-20-9-7-6-8-18(20)25(27)28)19-10-11-21(29-3)23(31-5)22(19)30-4/h6-14H,1-5H3. The summed E-state index contributed by atoms with van der Waals surface area (Å²) in [4.78, 5) is 18.5. The maximum atomic E-state index is 13.6. The average Bonchev–Trinajstić information content (AvgIpc) is 2.77. The van der Waals surface area contributed by atoms with Crippen LogP contribution in [0.15, 0.2) is 59.4 Å². The molecule has 0 aliphatic carbocycles. The molecule has 4 rings (SSSR count). The molecule has 4 aromatic rings. The summed E-state index contributed by atoms with van der Waals surface area (Å²) in [7, 11) is 4.67. The highest BCUT2D eigenvalue weighted by Gasteiger charge is 2.22. The summed E-state index contributed by atoms with van der Waals surface area (Å²) in [5.41, 5.74) is 3.94. The number of methoxy groups -OCH3 is 3. The molecule has 0 aliphatic rings. The van der Waals surface area contributed by atoms with Crippen molar-refractivity contribution in [3.63, 3.8) is 0 Å². The fourth-order valence-corrected chi connectivity index (χ4v) is 3.91. The van der Waals surface area contributed by atoms with E-state index >= 15 is 0 Å². The normalized spacial score (nSPS) is 10.9. The maximum Gasteiger partial charge on any atom is 0.266 e. The Balaban J connectivity index is 2.15. The summed E-state index contributed by atoms with van der Waals surface area (Å²) in [5.74, 6) is 1.88. The fraction of sp³-hybridized carbons (Fsp3) is 0.200. The van der Waals surface area contributed by atoms with Crippen LogP contribution in [-0.2, 0) is 0 Å². The molecule has 3 aromatic carbocycles. The van der Waals surface area contributed by atoms with Gasteiger partial charge in [-0.25, -0.2) is 4.98 Å². The van der Waals surface area contributed by atoms with Crippen molar-refractivity contribution in [1.82, 2.24) is 9.55 Å². The Bertz CT molecular complexity index is 1320. The number of nitrogens with zero attached hydrogens (tertiary/aromatic N) is 2. The molecule has 0 unspecified atom stereocenters. The molecule has 0 spiro atoms. The molecule has 0 bridgehead atoms. The Morgan fingerprint density at radius 1 is 0.806 bits per heavy atom. The lowest BCUT2D eigenvalue weighted by Gasteiger charge is -2.19. The Kier molecular flexibility index (Phi) is 5.38. The number of hydrogen-bond donors (Lipinski definition) is 0. The van der Waals surface area contributed by atoms with Gasteiger partial charge < -0.3 is 14.2 Å². The van der Waals surface area contributed by atoms with Gasteiger partial charge in [-0.15, -0.1) is 0 Å². The van der Waals surface area contributed by atoms with Crippen molar-refractivity contribution in [2.45, 2.75) is 13.8 Å². The van der Waals surface area contributed by atoms with E-state index in [4.69, 9.17) is 19.2 Å². The van der Waals surface area contributed by atoms with Crippen LogP contribution in [0.5, 0.6) is 17.2 Å². The van der Waals surface area contributed by atoms with Crippen LogP contribution in [0.1, 0.15) is 11.1 Å². The predicted octanol–water partition coefficient (Wildman–Crippen LogP) is 4.70. The van der Waals surface area contributed by atoms with Gasteiger partial charge >= 0.3 is 0 Å². The van der Waals surface area contributed by atoms with E-state index in [0.717, 1.165) is 16.8 Å².